The van der Waals surface area contributed by atoms with Crippen LogP contribution in [-0.4, -0.2) is 70.5 Å². The van der Waals surface area contributed by atoms with Crippen LogP contribution in [-0.2, 0) is 18.3 Å². The minimum absolute atomic E-state index is 0.0447. The first-order chi connectivity index (χ1) is 12.5. The third-order valence-electron chi connectivity index (χ3n) is 6.08. The number of nitrogens with zero attached hydrogens (tertiary/aromatic N) is 4. The maximum atomic E-state index is 12.1. The first-order valence-corrected chi connectivity index (χ1v) is 9.92. The van der Waals surface area contributed by atoms with Crippen LogP contribution in [0.4, 0.5) is 4.79 Å². The lowest BCUT2D eigenvalue weighted by Gasteiger charge is -2.53. The number of aryl methyl sites for hydroxylation is 2. The summed E-state index contributed by atoms with van der Waals surface area (Å²) in [5.74, 6) is 0.445. The minimum atomic E-state index is 0.0447. The summed E-state index contributed by atoms with van der Waals surface area (Å²) in [5, 5.41) is 7.52. The van der Waals surface area contributed by atoms with Crippen molar-refractivity contribution in [2.45, 2.75) is 44.8 Å². The van der Waals surface area contributed by atoms with E-state index in [1.54, 1.807) is 0 Å². The first-order valence-electron chi connectivity index (χ1n) is 9.92. The van der Waals surface area contributed by atoms with Crippen LogP contribution in [0.3, 0.4) is 0 Å². The van der Waals surface area contributed by atoms with Gasteiger partial charge in [-0.1, -0.05) is 0 Å². The molecule has 1 aromatic heterocycles. The van der Waals surface area contributed by atoms with Gasteiger partial charge in [0.05, 0.1) is 23.6 Å². The van der Waals surface area contributed by atoms with E-state index >= 15 is 0 Å². The number of aromatic nitrogens is 2. The Morgan fingerprint density at radius 2 is 2.15 bits per heavy atom. The number of hydrogen-bond donors (Lipinski definition) is 1. The molecule has 0 radical (unpaired) electrons. The van der Waals surface area contributed by atoms with Crippen molar-refractivity contribution in [2.24, 2.45) is 13.0 Å². The molecular formula is C19H31N5O2. The predicted octanol–water partition coefficient (Wildman–Crippen LogP) is 1.51. The molecule has 2 amide bonds. The second kappa shape index (κ2) is 7.19. The SMILES string of the molecule is Cc1cc(CN2CC3(CC[C@H](CNC(=O)N4CCCC4)CO3)C2)n(C)n1. The second-order valence-electron chi connectivity index (χ2n) is 8.32. The van der Waals surface area contributed by atoms with Gasteiger partial charge in [0, 0.05) is 46.3 Å². The molecular weight excluding hydrogens is 330 g/mol. The summed E-state index contributed by atoms with van der Waals surface area (Å²) >= 11 is 0. The van der Waals surface area contributed by atoms with E-state index in [1.807, 2.05) is 23.6 Å². The first kappa shape index (κ1) is 17.8. The maximum Gasteiger partial charge on any atom is 0.317 e. The lowest BCUT2D eigenvalue weighted by molar-refractivity contribution is -0.181. The van der Waals surface area contributed by atoms with Crippen molar-refractivity contribution in [3.63, 3.8) is 0 Å². The van der Waals surface area contributed by atoms with Gasteiger partial charge in [0.2, 0.25) is 0 Å². The van der Waals surface area contributed by atoms with E-state index in [4.69, 9.17) is 4.74 Å². The van der Waals surface area contributed by atoms with Crippen LogP contribution in [0.25, 0.3) is 0 Å². The molecule has 3 saturated heterocycles. The van der Waals surface area contributed by atoms with E-state index < -0.39 is 0 Å². The third kappa shape index (κ3) is 3.74. The summed E-state index contributed by atoms with van der Waals surface area (Å²) in [4.78, 5) is 16.5. The summed E-state index contributed by atoms with van der Waals surface area (Å²) < 4.78 is 8.22. The maximum absolute atomic E-state index is 12.1. The van der Waals surface area contributed by atoms with Crippen molar-refractivity contribution >= 4 is 6.03 Å². The largest absolute Gasteiger partial charge is 0.372 e. The number of nitrogens with one attached hydrogen (secondary N) is 1. The van der Waals surface area contributed by atoms with Gasteiger partial charge in [-0.2, -0.15) is 5.10 Å². The third-order valence-corrected chi connectivity index (χ3v) is 6.08. The molecule has 4 rings (SSSR count). The average molecular weight is 361 g/mol. The standard InChI is InChI=1S/C19H31N5O2/c1-15-9-17(22(2)21-15)11-23-13-19(14-23)6-5-16(12-26-19)10-20-18(25)24-7-3-4-8-24/h9,16H,3-8,10-14H2,1-2H3,(H,20,25)/t16-/m1/s1. The zero-order valence-electron chi connectivity index (χ0n) is 16.0. The van der Waals surface area contributed by atoms with Crippen LogP contribution < -0.4 is 5.32 Å². The topological polar surface area (TPSA) is 62.6 Å². The Hall–Kier alpha value is -1.60. The Bertz CT molecular complexity index is 636. The van der Waals surface area contributed by atoms with E-state index in [2.05, 4.69) is 21.4 Å². The highest BCUT2D eigenvalue weighted by Gasteiger charge is 2.46. The molecule has 3 fully saturated rings. The number of likely N-dealkylation sites (tertiary alicyclic amines) is 2. The van der Waals surface area contributed by atoms with E-state index in [9.17, 15) is 4.79 Å². The fourth-order valence-electron chi connectivity index (χ4n) is 4.51. The van der Waals surface area contributed by atoms with Gasteiger partial charge in [-0.25, -0.2) is 4.79 Å². The number of hydrogen-bond acceptors (Lipinski definition) is 4. The molecule has 0 aromatic carbocycles. The number of ether oxygens (including phenoxy) is 1. The Morgan fingerprint density at radius 1 is 1.38 bits per heavy atom. The Labute approximate surface area is 155 Å². The molecule has 4 heterocycles. The Morgan fingerprint density at radius 3 is 2.77 bits per heavy atom. The summed E-state index contributed by atoms with van der Waals surface area (Å²) in [6, 6.07) is 2.26. The lowest BCUT2D eigenvalue weighted by Crippen LogP contribution is -2.64. The van der Waals surface area contributed by atoms with Gasteiger partial charge in [0.25, 0.3) is 0 Å². The van der Waals surface area contributed by atoms with Gasteiger partial charge in [-0.3, -0.25) is 9.58 Å². The number of carbonyl (C=O) groups excluding carboxylic acids is 1. The van der Waals surface area contributed by atoms with Crippen LogP contribution >= 0.6 is 0 Å². The molecule has 1 spiro atoms. The van der Waals surface area contributed by atoms with Crippen molar-refractivity contribution in [1.29, 1.82) is 0 Å². The summed E-state index contributed by atoms with van der Waals surface area (Å²) in [6.07, 6.45) is 4.51. The summed E-state index contributed by atoms with van der Waals surface area (Å²) in [7, 11) is 2.01. The van der Waals surface area contributed by atoms with Gasteiger partial charge in [0.1, 0.15) is 0 Å². The quantitative estimate of drug-likeness (QED) is 0.883. The molecule has 7 heteroatoms. The highest BCUT2D eigenvalue weighted by atomic mass is 16.5. The summed E-state index contributed by atoms with van der Waals surface area (Å²) in [5.41, 5.74) is 2.38. The van der Waals surface area contributed by atoms with Crippen molar-refractivity contribution in [3.05, 3.63) is 17.5 Å². The molecule has 0 unspecified atom stereocenters. The molecule has 144 valence electrons. The Kier molecular flexibility index (Phi) is 4.92. The fraction of sp³-hybridized carbons (Fsp3) is 0.789. The molecule has 0 bridgehead atoms. The van der Waals surface area contributed by atoms with E-state index in [0.29, 0.717) is 5.92 Å². The molecule has 7 nitrogen and oxygen atoms in total. The molecule has 1 N–H and O–H groups in total. The molecule has 1 atom stereocenters. The normalized spacial score (nSPS) is 25.5. The van der Waals surface area contributed by atoms with Crippen molar-refractivity contribution in [2.75, 3.05) is 39.3 Å². The lowest BCUT2D eigenvalue weighted by atomic mass is 9.83. The highest BCUT2D eigenvalue weighted by Crippen LogP contribution is 2.36. The number of urea groups is 1. The van der Waals surface area contributed by atoms with Crippen LogP contribution in [0.5, 0.6) is 0 Å². The number of rotatable bonds is 4. The zero-order chi connectivity index (χ0) is 18.1. The van der Waals surface area contributed by atoms with Crippen LogP contribution in [0, 0.1) is 12.8 Å². The Balaban J connectivity index is 1.17. The average Bonchev–Trinajstić information content (AvgIpc) is 3.23. The fourth-order valence-corrected chi connectivity index (χ4v) is 4.51. The molecule has 26 heavy (non-hydrogen) atoms. The second-order valence-corrected chi connectivity index (χ2v) is 8.32. The molecule has 0 saturated carbocycles. The smallest absolute Gasteiger partial charge is 0.317 e. The van der Waals surface area contributed by atoms with Gasteiger partial charge in [-0.05, 0) is 44.6 Å². The molecule has 3 aliphatic rings. The van der Waals surface area contributed by atoms with Crippen LogP contribution in [0.2, 0.25) is 0 Å². The van der Waals surface area contributed by atoms with E-state index in [0.717, 1.165) is 77.3 Å². The number of carbonyl (C=O) groups is 1. The van der Waals surface area contributed by atoms with Crippen molar-refractivity contribution in [1.82, 2.24) is 24.9 Å². The minimum Gasteiger partial charge on any atom is -0.372 e. The van der Waals surface area contributed by atoms with E-state index in [1.165, 1.54) is 5.69 Å². The highest BCUT2D eigenvalue weighted by molar-refractivity contribution is 5.74. The van der Waals surface area contributed by atoms with Gasteiger partial charge < -0.3 is 15.0 Å². The van der Waals surface area contributed by atoms with Crippen LogP contribution in [0.1, 0.15) is 37.1 Å². The molecule has 1 aromatic rings. The molecule has 3 aliphatic heterocycles. The van der Waals surface area contributed by atoms with Crippen LogP contribution in [0.15, 0.2) is 6.07 Å². The van der Waals surface area contributed by atoms with E-state index in [-0.39, 0.29) is 11.6 Å². The van der Waals surface area contributed by atoms with Gasteiger partial charge in [0.15, 0.2) is 0 Å². The zero-order valence-corrected chi connectivity index (χ0v) is 16.0. The van der Waals surface area contributed by atoms with Gasteiger partial charge >= 0.3 is 6.03 Å². The molecule has 0 aliphatic carbocycles. The predicted molar refractivity (Wildman–Crippen MR) is 98.8 cm³/mol. The van der Waals surface area contributed by atoms with Crippen molar-refractivity contribution in [3.8, 4) is 0 Å². The summed E-state index contributed by atoms with van der Waals surface area (Å²) in [6.45, 7) is 8.30. The van der Waals surface area contributed by atoms with Crippen molar-refractivity contribution < 1.29 is 9.53 Å². The van der Waals surface area contributed by atoms with Gasteiger partial charge in [-0.15, -0.1) is 0 Å². The number of amides is 2. The monoisotopic (exact) mass is 361 g/mol.